The highest BCUT2D eigenvalue weighted by atomic mass is 35.5. The molecule has 2 N–H and O–H groups in total. The van der Waals surface area contributed by atoms with Crippen LogP contribution < -0.4 is 15.5 Å². The predicted octanol–water partition coefficient (Wildman–Crippen LogP) is 4.62. The Kier molecular flexibility index (Phi) is 7.18. The number of thiazole rings is 1. The zero-order chi connectivity index (χ0) is 26.0. The first-order chi connectivity index (χ1) is 17.2. The number of halogens is 1. The third-order valence-electron chi connectivity index (χ3n) is 5.33. The Bertz CT molecular complexity index is 1390. The van der Waals surface area contributed by atoms with Gasteiger partial charge in [-0.2, -0.15) is 0 Å². The number of esters is 1. The van der Waals surface area contributed by atoms with E-state index in [1.165, 1.54) is 23.5 Å². The summed E-state index contributed by atoms with van der Waals surface area (Å²) in [5, 5.41) is 5.79. The molecule has 0 spiro atoms. The molecule has 9 nitrogen and oxygen atoms in total. The second-order valence-electron chi connectivity index (χ2n) is 7.69. The summed E-state index contributed by atoms with van der Waals surface area (Å²) in [4.78, 5) is 57.0. The van der Waals surface area contributed by atoms with Crippen LogP contribution in [-0.4, -0.2) is 35.3 Å². The van der Waals surface area contributed by atoms with Crippen molar-refractivity contribution in [3.8, 4) is 0 Å². The highest BCUT2D eigenvalue weighted by Crippen LogP contribution is 2.32. The fourth-order valence-electron chi connectivity index (χ4n) is 3.42. The van der Waals surface area contributed by atoms with Crippen LogP contribution in [0.1, 0.15) is 38.2 Å². The second kappa shape index (κ2) is 10.3. The quantitative estimate of drug-likeness (QED) is 0.342. The number of rotatable bonds is 7. The number of carbonyl (C=O) groups excluding carboxylic acids is 4. The van der Waals surface area contributed by atoms with Gasteiger partial charge in [0.15, 0.2) is 5.13 Å². The molecule has 11 heteroatoms. The van der Waals surface area contributed by atoms with Gasteiger partial charge in [-0.05, 0) is 57.2 Å². The molecule has 0 saturated heterocycles. The minimum absolute atomic E-state index is 0.0627. The zero-order valence-corrected chi connectivity index (χ0v) is 21.1. The lowest BCUT2D eigenvalue weighted by molar-refractivity contribution is -0.120. The maximum absolute atomic E-state index is 13.1. The summed E-state index contributed by atoms with van der Waals surface area (Å²) in [7, 11) is 0. The first-order valence-corrected chi connectivity index (χ1v) is 12.1. The van der Waals surface area contributed by atoms with Crippen molar-refractivity contribution in [1.29, 1.82) is 0 Å². The minimum Gasteiger partial charge on any atom is -0.462 e. The van der Waals surface area contributed by atoms with Crippen molar-refractivity contribution in [2.45, 2.75) is 20.8 Å². The second-order valence-corrected chi connectivity index (χ2v) is 9.27. The average molecular weight is 525 g/mol. The smallest absolute Gasteiger partial charge is 0.340 e. The maximum Gasteiger partial charge on any atom is 0.340 e. The van der Waals surface area contributed by atoms with Crippen LogP contribution in [0.25, 0.3) is 0 Å². The van der Waals surface area contributed by atoms with Crippen LogP contribution in [0.5, 0.6) is 0 Å². The third-order valence-corrected chi connectivity index (χ3v) is 6.67. The average Bonchev–Trinajstić information content (AvgIpc) is 3.28. The Morgan fingerprint density at radius 2 is 1.75 bits per heavy atom. The Labute approximate surface area is 215 Å². The number of hydrogen-bond donors (Lipinski definition) is 2. The minimum atomic E-state index is -0.772. The van der Waals surface area contributed by atoms with Gasteiger partial charge in [0, 0.05) is 16.1 Å². The molecule has 0 aliphatic carbocycles. The molecular weight excluding hydrogens is 504 g/mol. The van der Waals surface area contributed by atoms with Gasteiger partial charge < -0.3 is 10.1 Å². The lowest BCUT2D eigenvalue weighted by atomic mass is 10.1. The number of amides is 3. The van der Waals surface area contributed by atoms with Crippen LogP contribution in [0.3, 0.4) is 0 Å². The number of nitrogens with zero attached hydrogens (tertiary/aromatic N) is 2. The molecule has 0 saturated carbocycles. The third kappa shape index (κ3) is 4.86. The van der Waals surface area contributed by atoms with Crippen molar-refractivity contribution in [3.63, 3.8) is 0 Å². The standard InChI is InChI=1S/C25H21ClN4O5S/c1-4-35-24(34)17-7-5-6-8-18(17)30-22(32)19(26)20(23(30)33)28-16-11-9-15(10-12-16)21(31)29-25-27-13(2)14(3)36-25/h5-12,28H,4H2,1-3H3,(H,27,29,31). The van der Waals surface area contributed by atoms with Crippen molar-refractivity contribution < 1.29 is 23.9 Å². The zero-order valence-electron chi connectivity index (χ0n) is 19.5. The predicted molar refractivity (Wildman–Crippen MR) is 137 cm³/mol. The summed E-state index contributed by atoms with van der Waals surface area (Å²) in [6.07, 6.45) is 0. The number of aromatic nitrogens is 1. The molecule has 0 fully saturated rings. The van der Waals surface area contributed by atoms with Gasteiger partial charge in [-0.1, -0.05) is 23.7 Å². The fraction of sp³-hybridized carbons (Fsp3) is 0.160. The van der Waals surface area contributed by atoms with Crippen LogP contribution in [0.4, 0.5) is 16.5 Å². The van der Waals surface area contributed by atoms with Gasteiger partial charge in [-0.15, -0.1) is 11.3 Å². The maximum atomic E-state index is 13.1. The molecule has 0 bridgehead atoms. The van der Waals surface area contributed by atoms with Crippen LogP contribution in [0.15, 0.2) is 59.3 Å². The highest BCUT2D eigenvalue weighted by Gasteiger charge is 2.40. The van der Waals surface area contributed by atoms with Gasteiger partial charge >= 0.3 is 5.97 Å². The number of para-hydroxylation sites is 1. The molecule has 4 rings (SSSR count). The van der Waals surface area contributed by atoms with Crippen LogP contribution in [0, 0.1) is 13.8 Å². The number of carbonyl (C=O) groups is 4. The van der Waals surface area contributed by atoms with Crippen molar-refractivity contribution in [1.82, 2.24) is 4.98 Å². The lowest BCUT2D eigenvalue weighted by Crippen LogP contribution is -2.33. The van der Waals surface area contributed by atoms with Crippen molar-refractivity contribution in [3.05, 3.63) is 81.0 Å². The number of ether oxygens (including phenoxy) is 1. The van der Waals surface area contributed by atoms with Crippen LogP contribution in [-0.2, 0) is 14.3 Å². The number of benzene rings is 2. The molecule has 3 aromatic rings. The van der Waals surface area contributed by atoms with Crippen molar-refractivity contribution in [2.75, 3.05) is 22.1 Å². The Morgan fingerprint density at radius 1 is 1.06 bits per heavy atom. The molecule has 0 atom stereocenters. The molecule has 3 amide bonds. The van der Waals surface area contributed by atoms with Gasteiger partial charge in [0.05, 0.1) is 23.6 Å². The molecule has 184 valence electrons. The van der Waals surface area contributed by atoms with E-state index in [1.807, 2.05) is 13.8 Å². The van der Waals surface area contributed by atoms with Crippen molar-refractivity contribution >= 4 is 63.1 Å². The summed E-state index contributed by atoms with van der Waals surface area (Å²) in [5.74, 6) is -2.49. The van der Waals surface area contributed by atoms with E-state index in [0.29, 0.717) is 16.4 Å². The Balaban J connectivity index is 1.51. The Hall–Kier alpha value is -4.02. The monoisotopic (exact) mass is 524 g/mol. The van der Waals surface area contributed by atoms with E-state index in [-0.39, 0.29) is 34.5 Å². The van der Waals surface area contributed by atoms with Crippen LogP contribution >= 0.6 is 22.9 Å². The van der Waals surface area contributed by atoms with E-state index in [2.05, 4.69) is 15.6 Å². The van der Waals surface area contributed by atoms with Gasteiger partial charge in [0.2, 0.25) is 0 Å². The van der Waals surface area contributed by atoms with Gasteiger partial charge in [-0.25, -0.2) is 14.7 Å². The number of anilines is 3. The molecule has 36 heavy (non-hydrogen) atoms. The summed E-state index contributed by atoms with van der Waals surface area (Å²) >= 11 is 7.60. The molecule has 0 unspecified atom stereocenters. The Morgan fingerprint density at radius 3 is 2.39 bits per heavy atom. The molecule has 2 aromatic carbocycles. The SMILES string of the molecule is CCOC(=O)c1ccccc1N1C(=O)C(Cl)=C(Nc2ccc(C(=O)Nc3nc(C)c(C)s3)cc2)C1=O. The molecule has 0 radical (unpaired) electrons. The number of nitrogens with one attached hydrogen (secondary N) is 2. The van der Waals surface area contributed by atoms with Gasteiger partial charge in [0.1, 0.15) is 10.7 Å². The van der Waals surface area contributed by atoms with E-state index >= 15 is 0 Å². The number of hydrogen-bond acceptors (Lipinski definition) is 8. The first kappa shape index (κ1) is 25.1. The molecule has 1 aromatic heterocycles. The largest absolute Gasteiger partial charge is 0.462 e. The van der Waals surface area contributed by atoms with E-state index in [9.17, 15) is 19.2 Å². The summed E-state index contributed by atoms with van der Waals surface area (Å²) in [5.41, 5.74) is 1.65. The highest BCUT2D eigenvalue weighted by molar-refractivity contribution is 7.15. The topological polar surface area (TPSA) is 118 Å². The van der Waals surface area contributed by atoms with E-state index < -0.39 is 17.8 Å². The summed E-state index contributed by atoms with van der Waals surface area (Å²) in [6.45, 7) is 5.59. The summed E-state index contributed by atoms with van der Waals surface area (Å²) < 4.78 is 5.04. The summed E-state index contributed by atoms with van der Waals surface area (Å²) in [6, 6.07) is 12.4. The number of imide groups is 1. The molecular formula is C25H21ClN4O5S. The van der Waals surface area contributed by atoms with Crippen LogP contribution in [0.2, 0.25) is 0 Å². The van der Waals surface area contributed by atoms with Gasteiger partial charge in [0.25, 0.3) is 17.7 Å². The lowest BCUT2D eigenvalue weighted by Gasteiger charge is -2.18. The molecule has 1 aliphatic heterocycles. The van der Waals surface area contributed by atoms with Gasteiger partial charge in [-0.3, -0.25) is 19.7 Å². The number of aryl methyl sites for hydroxylation is 2. The first-order valence-electron chi connectivity index (χ1n) is 10.9. The van der Waals surface area contributed by atoms with Crippen molar-refractivity contribution in [2.24, 2.45) is 0 Å². The normalized spacial score (nSPS) is 13.3. The molecule has 1 aliphatic rings. The van der Waals surface area contributed by atoms with E-state index in [0.717, 1.165) is 15.5 Å². The fourth-order valence-corrected chi connectivity index (χ4v) is 4.45. The molecule has 2 heterocycles. The van der Waals surface area contributed by atoms with E-state index in [4.69, 9.17) is 16.3 Å². The van der Waals surface area contributed by atoms with E-state index in [1.54, 1.807) is 43.3 Å².